The van der Waals surface area contributed by atoms with Crippen LogP contribution in [0, 0.1) is 0 Å². The lowest BCUT2D eigenvalue weighted by atomic mass is 10.1. The van der Waals surface area contributed by atoms with E-state index in [1.165, 1.54) is 29.5 Å². The van der Waals surface area contributed by atoms with Gasteiger partial charge in [-0.1, -0.05) is 23.7 Å². The fourth-order valence-corrected chi connectivity index (χ4v) is 3.38. The third-order valence-corrected chi connectivity index (χ3v) is 4.93. The van der Waals surface area contributed by atoms with Crippen molar-refractivity contribution in [2.45, 2.75) is 6.42 Å². The lowest BCUT2D eigenvalue weighted by molar-refractivity contribution is 0.0696. The summed E-state index contributed by atoms with van der Waals surface area (Å²) in [5, 5.41) is 14.3. The molecule has 0 aliphatic rings. The molecule has 0 saturated heterocycles. The summed E-state index contributed by atoms with van der Waals surface area (Å²) in [4.78, 5) is 27.8. The molecule has 0 fully saturated rings. The number of hydrogen-bond acceptors (Lipinski definition) is 5. The van der Waals surface area contributed by atoms with E-state index in [0.717, 1.165) is 16.3 Å². The van der Waals surface area contributed by atoms with Crippen LogP contribution in [0.15, 0.2) is 47.8 Å². The second kappa shape index (κ2) is 8.20. The lowest BCUT2D eigenvalue weighted by Crippen LogP contribution is -2.13. The molecule has 0 bridgehead atoms. The van der Waals surface area contributed by atoms with Crippen LogP contribution in [0.25, 0.3) is 0 Å². The first-order valence-electron chi connectivity index (χ1n) is 7.88. The Morgan fingerprint density at radius 2 is 1.96 bits per heavy atom. The van der Waals surface area contributed by atoms with E-state index >= 15 is 0 Å². The Morgan fingerprint density at radius 1 is 1.22 bits per heavy atom. The maximum absolute atomic E-state index is 12.4. The molecular formula is C19H15ClN2O4S. The van der Waals surface area contributed by atoms with Gasteiger partial charge < -0.3 is 15.2 Å². The minimum Gasteiger partial charge on any atom is -0.497 e. The molecule has 3 rings (SSSR count). The molecule has 3 aromatic rings. The number of carboxylic acids is 1. The predicted octanol–water partition coefficient (Wildman–Crippen LogP) is 4.35. The number of carbonyl (C=O) groups excluding carboxylic acids is 1. The minimum absolute atomic E-state index is 0.0760. The summed E-state index contributed by atoms with van der Waals surface area (Å²) in [6, 6.07) is 11.9. The molecule has 6 nitrogen and oxygen atoms in total. The molecule has 0 radical (unpaired) electrons. The summed E-state index contributed by atoms with van der Waals surface area (Å²) in [7, 11) is 1.61. The molecular weight excluding hydrogens is 388 g/mol. The molecule has 1 amide bonds. The van der Waals surface area contributed by atoms with Gasteiger partial charge in [0.15, 0.2) is 0 Å². The Bertz CT molecular complexity index is 986. The zero-order valence-electron chi connectivity index (χ0n) is 14.2. The number of aromatic nitrogens is 1. The molecule has 0 unspecified atom stereocenters. The van der Waals surface area contributed by atoms with Crippen LogP contribution in [0.1, 0.15) is 31.4 Å². The van der Waals surface area contributed by atoms with Crippen LogP contribution in [-0.2, 0) is 6.42 Å². The number of anilines is 1. The number of aromatic carboxylic acids is 1. The van der Waals surface area contributed by atoms with Gasteiger partial charge in [-0.25, -0.2) is 9.78 Å². The van der Waals surface area contributed by atoms with Gasteiger partial charge in [0.1, 0.15) is 11.4 Å². The highest BCUT2D eigenvalue weighted by Gasteiger charge is 2.14. The molecule has 0 aliphatic carbocycles. The van der Waals surface area contributed by atoms with Crippen LogP contribution >= 0.6 is 22.9 Å². The largest absolute Gasteiger partial charge is 0.497 e. The number of nitrogens with one attached hydrogen (secondary N) is 1. The monoisotopic (exact) mass is 402 g/mol. The van der Waals surface area contributed by atoms with Crippen LogP contribution in [0.4, 0.5) is 5.69 Å². The van der Waals surface area contributed by atoms with Gasteiger partial charge in [-0.05, 0) is 35.9 Å². The number of rotatable bonds is 6. The van der Waals surface area contributed by atoms with Crippen LogP contribution in [0.5, 0.6) is 5.75 Å². The molecule has 8 heteroatoms. The Labute approximate surface area is 164 Å². The highest BCUT2D eigenvalue weighted by molar-refractivity contribution is 7.09. The van der Waals surface area contributed by atoms with Gasteiger partial charge in [0.25, 0.3) is 5.91 Å². The molecule has 0 spiro atoms. The molecule has 2 N–H and O–H groups in total. The summed E-state index contributed by atoms with van der Waals surface area (Å²) in [6.07, 6.45) is 0.603. The SMILES string of the molecule is COc1ccc(Cc2nc(C(=O)Nc3ccc(Cl)c(C(=O)O)c3)cs2)cc1. The Morgan fingerprint density at radius 3 is 2.63 bits per heavy atom. The van der Waals surface area contributed by atoms with Gasteiger partial charge in [0, 0.05) is 17.5 Å². The molecule has 0 saturated carbocycles. The van der Waals surface area contributed by atoms with E-state index in [2.05, 4.69) is 10.3 Å². The first-order valence-corrected chi connectivity index (χ1v) is 9.13. The molecule has 1 heterocycles. The average molecular weight is 403 g/mol. The number of carbonyl (C=O) groups is 2. The zero-order chi connectivity index (χ0) is 19.4. The van der Waals surface area contributed by atoms with Crippen LogP contribution in [-0.4, -0.2) is 29.1 Å². The molecule has 0 aliphatic heterocycles. The van der Waals surface area contributed by atoms with Gasteiger partial charge in [0.05, 0.1) is 22.7 Å². The number of hydrogen-bond donors (Lipinski definition) is 2. The van der Waals surface area contributed by atoms with E-state index in [1.807, 2.05) is 24.3 Å². The standard InChI is InChI=1S/C19H15ClN2O4S/c1-26-13-5-2-11(3-6-13)8-17-22-16(10-27-17)18(23)21-12-4-7-15(20)14(9-12)19(24)25/h2-7,9-10H,8H2,1H3,(H,21,23)(H,24,25). The van der Waals surface area contributed by atoms with E-state index in [-0.39, 0.29) is 16.3 Å². The average Bonchev–Trinajstić information content (AvgIpc) is 3.12. The van der Waals surface area contributed by atoms with Crippen molar-refractivity contribution in [3.8, 4) is 5.75 Å². The fraction of sp³-hybridized carbons (Fsp3) is 0.105. The first kappa shape index (κ1) is 18.9. The lowest BCUT2D eigenvalue weighted by Gasteiger charge is -2.05. The maximum Gasteiger partial charge on any atom is 0.337 e. The Kier molecular flexibility index (Phi) is 5.73. The molecule has 0 atom stereocenters. The molecule has 2 aromatic carbocycles. The highest BCUT2D eigenvalue weighted by atomic mass is 35.5. The van der Waals surface area contributed by atoms with Crippen molar-refractivity contribution >= 4 is 40.5 Å². The topological polar surface area (TPSA) is 88.5 Å². The summed E-state index contributed by atoms with van der Waals surface area (Å²) >= 11 is 7.22. The van der Waals surface area contributed by atoms with Crippen molar-refractivity contribution in [2.24, 2.45) is 0 Å². The highest BCUT2D eigenvalue weighted by Crippen LogP contribution is 2.22. The van der Waals surface area contributed by atoms with Gasteiger partial charge in [0.2, 0.25) is 0 Å². The molecule has 27 heavy (non-hydrogen) atoms. The number of halogens is 1. The van der Waals surface area contributed by atoms with Crippen molar-refractivity contribution < 1.29 is 19.4 Å². The molecule has 1 aromatic heterocycles. The smallest absolute Gasteiger partial charge is 0.337 e. The Hall–Kier alpha value is -2.90. The third kappa shape index (κ3) is 4.64. The maximum atomic E-state index is 12.4. The van der Waals surface area contributed by atoms with Crippen molar-refractivity contribution in [2.75, 3.05) is 12.4 Å². The second-order valence-corrected chi connectivity index (χ2v) is 6.96. The number of benzene rings is 2. The van der Waals surface area contributed by atoms with Gasteiger partial charge in [-0.3, -0.25) is 4.79 Å². The van der Waals surface area contributed by atoms with Gasteiger partial charge in [-0.15, -0.1) is 11.3 Å². The number of amides is 1. The van der Waals surface area contributed by atoms with Crippen molar-refractivity contribution in [3.63, 3.8) is 0 Å². The van der Waals surface area contributed by atoms with E-state index in [4.69, 9.17) is 21.4 Å². The fourth-order valence-electron chi connectivity index (χ4n) is 2.38. The van der Waals surface area contributed by atoms with Crippen LogP contribution in [0.3, 0.4) is 0 Å². The van der Waals surface area contributed by atoms with E-state index < -0.39 is 11.9 Å². The molecule has 138 valence electrons. The quantitative estimate of drug-likeness (QED) is 0.640. The summed E-state index contributed by atoms with van der Waals surface area (Å²) in [5.74, 6) is -0.793. The Balaban J connectivity index is 1.69. The predicted molar refractivity (Wildman–Crippen MR) is 104 cm³/mol. The van der Waals surface area contributed by atoms with Crippen LogP contribution in [0.2, 0.25) is 5.02 Å². The zero-order valence-corrected chi connectivity index (χ0v) is 15.8. The van der Waals surface area contributed by atoms with Crippen molar-refractivity contribution in [3.05, 3.63) is 74.7 Å². The minimum atomic E-state index is -1.16. The second-order valence-electron chi connectivity index (χ2n) is 5.61. The number of ether oxygens (including phenoxy) is 1. The van der Waals surface area contributed by atoms with E-state index in [1.54, 1.807) is 12.5 Å². The van der Waals surface area contributed by atoms with E-state index in [9.17, 15) is 9.59 Å². The third-order valence-electron chi connectivity index (χ3n) is 3.75. The summed E-state index contributed by atoms with van der Waals surface area (Å²) in [5.41, 5.74) is 1.59. The van der Waals surface area contributed by atoms with Crippen LogP contribution < -0.4 is 10.1 Å². The normalized spacial score (nSPS) is 10.4. The van der Waals surface area contributed by atoms with Crippen molar-refractivity contribution in [1.82, 2.24) is 4.98 Å². The number of nitrogens with zero attached hydrogens (tertiary/aromatic N) is 1. The summed E-state index contributed by atoms with van der Waals surface area (Å²) < 4.78 is 5.13. The van der Waals surface area contributed by atoms with E-state index in [0.29, 0.717) is 12.1 Å². The number of methoxy groups -OCH3 is 1. The van der Waals surface area contributed by atoms with Crippen molar-refractivity contribution in [1.29, 1.82) is 0 Å². The number of thiazole rings is 1. The summed E-state index contributed by atoms with van der Waals surface area (Å²) in [6.45, 7) is 0. The number of carboxylic acid groups (broad SMARTS) is 1. The van der Waals surface area contributed by atoms with Gasteiger partial charge in [-0.2, -0.15) is 0 Å². The van der Waals surface area contributed by atoms with Gasteiger partial charge >= 0.3 is 5.97 Å². The first-order chi connectivity index (χ1) is 13.0.